The number of allylic oxidation sites excluding steroid dienone is 1. The average molecular weight is 539 g/mol. The molecule has 0 fully saturated rings. The largest absolute Gasteiger partial charge is 0.459 e. The van der Waals surface area contributed by atoms with Crippen molar-refractivity contribution >= 4 is 28.5 Å². The molecule has 0 radical (unpaired) electrons. The van der Waals surface area contributed by atoms with Crippen molar-refractivity contribution in [3.63, 3.8) is 0 Å². The van der Waals surface area contributed by atoms with Crippen LogP contribution in [0, 0.1) is 15.3 Å². The molecule has 5 nitrogen and oxygen atoms in total. The van der Waals surface area contributed by atoms with Gasteiger partial charge in [0, 0.05) is 35.2 Å². The van der Waals surface area contributed by atoms with Crippen molar-refractivity contribution in [2.45, 2.75) is 38.5 Å². The van der Waals surface area contributed by atoms with E-state index in [1.54, 1.807) is 12.1 Å². The summed E-state index contributed by atoms with van der Waals surface area (Å²) in [6.07, 6.45) is 2.59. The molecule has 1 heterocycles. The van der Waals surface area contributed by atoms with Crippen molar-refractivity contribution in [2.24, 2.45) is 5.92 Å². The van der Waals surface area contributed by atoms with Gasteiger partial charge in [0.05, 0.1) is 0 Å². The Hall–Kier alpha value is -1.97. The summed E-state index contributed by atoms with van der Waals surface area (Å²) in [5.74, 6) is -0.557. The molecule has 1 aliphatic heterocycles. The summed E-state index contributed by atoms with van der Waals surface area (Å²) in [4.78, 5) is 12.9. The quantitative estimate of drug-likeness (QED) is 0.461. The van der Waals surface area contributed by atoms with Gasteiger partial charge in [0.2, 0.25) is 6.29 Å². The van der Waals surface area contributed by atoms with E-state index in [4.69, 9.17) is 9.47 Å². The normalized spacial score (nSPS) is 20.6. The van der Waals surface area contributed by atoms with Gasteiger partial charge in [-0.2, -0.15) is 0 Å². The fraction of sp³-hybridized carbons (Fsp3) is 0.375. The molecule has 2 aromatic rings. The summed E-state index contributed by atoms with van der Waals surface area (Å²) in [7, 11) is 0. The van der Waals surface area contributed by atoms with Gasteiger partial charge < -0.3 is 19.9 Å². The van der Waals surface area contributed by atoms with Gasteiger partial charge >= 0.3 is 0 Å². The second-order valence-corrected chi connectivity index (χ2v) is 8.63. The fourth-order valence-corrected chi connectivity index (χ4v) is 4.06. The lowest BCUT2D eigenvalue weighted by Crippen LogP contribution is -2.39. The average Bonchev–Trinajstić information content (AvgIpc) is 2.78. The number of rotatable bonds is 9. The zero-order valence-corrected chi connectivity index (χ0v) is 19.5. The number of amides is 1. The summed E-state index contributed by atoms with van der Waals surface area (Å²) in [5, 5.41) is 12.2. The van der Waals surface area contributed by atoms with Gasteiger partial charge in [-0.25, -0.2) is 4.39 Å². The smallest absolute Gasteiger partial charge is 0.286 e. The minimum Gasteiger partial charge on any atom is -0.459 e. The Morgan fingerprint density at radius 3 is 2.55 bits per heavy atom. The molecule has 0 aliphatic carbocycles. The van der Waals surface area contributed by atoms with Crippen LogP contribution in [0.25, 0.3) is 0 Å². The van der Waals surface area contributed by atoms with Crippen molar-refractivity contribution in [1.29, 1.82) is 0 Å². The monoisotopic (exact) mass is 539 g/mol. The minimum atomic E-state index is -0.586. The SMILES string of the molecule is CCO[C@H]1OC(C(=O)NCc2ccc(F)cc2)=C[C@@H](c2ccc(I)cc2)[C@H]1CCCO. The molecule has 0 unspecified atom stereocenters. The Balaban J connectivity index is 1.83. The summed E-state index contributed by atoms with van der Waals surface area (Å²) < 4.78 is 26.0. The maximum Gasteiger partial charge on any atom is 0.286 e. The molecule has 166 valence electrons. The van der Waals surface area contributed by atoms with Crippen LogP contribution in [0.15, 0.2) is 60.4 Å². The van der Waals surface area contributed by atoms with Crippen LogP contribution < -0.4 is 5.32 Å². The Kier molecular flexibility index (Phi) is 8.86. The number of carbonyl (C=O) groups is 1. The molecular weight excluding hydrogens is 512 g/mol. The van der Waals surface area contributed by atoms with Crippen LogP contribution in [-0.4, -0.2) is 30.5 Å². The summed E-state index contributed by atoms with van der Waals surface area (Å²) in [5.41, 5.74) is 1.86. The molecule has 1 aliphatic rings. The molecule has 2 aromatic carbocycles. The lowest BCUT2D eigenvalue weighted by Gasteiger charge is -2.37. The second kappa shape index (κ2) is 11.6. The van der Waals surface area contributed by atoms with Crippen LogP contribution in [0.3, 0.4) is 0 Å². The van der Waals surface area contributed by atoms with E-state index in [1.165, 1.54) is 12.1 Å². The van der Waals surface area contributed by atoms with Gasteiger partial charge in [-0.3, -0.25) is 4.79 Å². The third-order valence-electron chi connectivity index (χ3n) is 5.26. The number of aliphatic hydroxyl groups is 1. The van der Waals surface area contributed by atoms with E-state index in [0.29, 0.717) is 19.4 Å². The Morgan fingerprint density at radius 2 is 1.90 bits per heavy atom. The highest BCUT2D eigenvalue weighted by molar-refractivity contribution is 14.1. The zero-order valence-electron chi connectivity index (χ0n) is 17.4. The first-order valence-corrected chi connectivity index (χ1v) is 11.5. The summed E-state index contributed by atoms with van der Waals surface area (Å²) in [6, 6.07) is 14.2. The topological polar surface area (TPSA) is 67.8 Å². The molecule has 31 heavy (non-hydrogen) atoms. The summed E-state index contributed by atoms with van der Waals surface area (Å²) >= 11 is 2.26. The standard InChI is InChI=1S/C24H27FINO4/c1-2-30-24-20(4-3-13-28)21(17-7-11-19(26)12-8-17)14-22(31-24)23(29)27-15-16-5-9-18(25)10-6-16/h5-12,14,20-21,24,28H,2-4,13,15H2,1H3,(H,27,29)/t20-,21+,24+/m1/s1. The van der Waals surface area contributed by atoms with Gasteiger partial charge in [0.15, 0.2) is 5.76 Å². The van der Waals surface area contributed by atoms with Crippen molar-refractivity contribution in [3.05, 3.63) is 80.9 Å². The number of halogens is 2. The fourth-order valence-electron chi connectivity index (χ4n) is 3.70. The van der Waals surface area contributed by atoms with E-state index in [0.717, 1.165) is 14.7 Å². The predicted molar refractivity (Wildman–Crippen MR) is 125 cm³/mol. The number of ether oxygens (including phenoxy) is 2. The maximum atomic E-state index is 13.1. The van der Waals surface area contributed by atoms with Crippen molar-refractivity contribution in [2.75, 3.05) is 13.2 Å². The van der Waals surface area contributed by atoms with E-state index >= 15 is 0 Å². The molecule has 0 saturated carbocycles. The van der Waals surface area contributed by atoms with Crippen LogP contribution in [-0.2, 0) is 20.8 Å². The van der Waals surface area contributed by atoms with Crippen LogP contribution in [0.5, 0.6) is 0 Å². The van der Waals surface area contributed by atoms with Crippen molar-refractivity contribution in [1.82, 2.24) is 5.32 Å². The molecule has 0 aromatic heterocycles. The van der Waals surface area contributed by atoms with Gasteiger partial charge in [-0.1, -0.05) is 24.3 Å². The van der Waals surface area contributed by atoms with E-state index in [1.807, 2.05) is 25.1 Å². The molecule has 2 N–H and O–H groups in total. The number of nitrogens with one attached hydrogen (secondary N) is 1. The molecule has 0 spiro atoms. The van der Waals surface area contributed by atoms with Crippen molar-refractivity contribution in [3.8, 4) is 0 Å². The third-order valence-corrected chi connectivity index (χ3v) is 5.98. The lowest BCUT2D eigenvalue weighted by atomic mass is 9.80. The first-order valence-electron chi connectivity index (χ1n) is 10.4. The van der Waals surface area contributed by atoms with Crippen molar-refractivity contribution < 1.29 is 23.8 Å². The van der Waals surface area contributed by atoms with Crippen LogP contribution in [0.4, 0.5) is 4.39 Å². The van der Waals surface area contributed by atoms with Crippen LogP contribution in [0.2, 0.25) is 0 Å². The van der Waals surface area contributed by atoms with Gasteiger partial charge in [-0.15, -0.1) is 0 Å². The van der Waals surface area contributed by atoms with E-state index in [9.17, 15) is 14.3 Å². The van der Waals surface area contributed by atoms with E-state index < -0.39 is 6.29 Å². The Morgan fingerprint density at radius 1 is 1.19 bits per heavy atom. The molecule has 7 heteroatoms. The van der Waals surface area contributed by atoms with Crippen LogP contribution >= 0.6 is 22.6 Å². The summed E-state index contributed by atoms with van der Waals surface area (Å²) in [6.45, 7) is 2.69. The second-order valence-electron chi connectivity index (χ2n) is 7.39. The molecule has 0 saturated heterocycles. The van der Waals surface area contributed by atoms with Gasteiger partial charge in [0.1, 0.15) is 5.82 Å². The Bertz CT molecular complexity index is 885. The molecule has 0 bridgehead atoms. The first kappa shape index (κ1) is 23.7. The number of carbonyl (C=O) groups excluding carboxylic acids is 1. The zero-order chi connectivity index (χ0) is 22.2. The Labute approximate surface area is 195 Å². The molecular formula is C24H27FINO4. The maximum absolute atomic E-state index is 13.1. The highest BCUT2D eigenvalue weighted by atomic mass is 127. The molecule has 3 atom stereocenters. The molecule has 3 rings (SSSR count). The van der Waals surface area contributed by atoms with Gasteiger partial charge in [0.25, 0.3) is 5.91 Å². The number of hydrogen-bond donors (Lipinski definition) is 2. The minimum absolute atomic E-state index is 0.0270. The number of benzene rings is 2. The third kappa shape index (κ3) is 6.51. The highest BCUT2D eigenvalue weighted by Crippen LogP contribution is 2.39. The number of aliphatic hydroxyl groups excluding tert-OH is 1. The van der Waals surface area contributed by atoms with E-state index in [2.05, 4.69) is 40.0 Å². The lowest BCUT2D eigenvalue weighted by molar-refractivity contribution is -0.166. The van der Waals surface area contributed by atoms with Crippen LogP contribution in [0.1, 0.15) is 36.8 Å². The number of hydrogen-bond acceptors (Lipinski definition) is 4. The van der Waals surface area contributed by atoms with Gasteiger partial charge in [-0.05, 0) is 83.8 Å². The van der Waals surface area contributed by atoms with E-state index in [-0.39, 0.29) is 42.5 Å². The highest BCUT2D eigenvalue weighted by Gasteiger charge is 2.37. The predicted octanol–water partition coefficient (Wildman–Crippen LogP) is 4.50. The first-order chi connectivity index (χ1) is 15.0. The molecule has 1 amide bonds.